The second-order valence-corrected chi connectivity index (χ2v) is 5.11. The van der Waals surface area contributed by atoms with Crippen LogP contribution < -0.4 is 4.65 Å². The molecule has 0 amide bonds. The number of rotatable bonds is 3. The van der Waals surface area contributed by atoms with Crippen LogP contribution in [0.4, 0.5) is 0 Å². The highest BCUT2D eigenvalue weighted by Crippen LogP contribution is 2.34. The predicted molar refractivity (Wildman–Crippen MR) is 90.8 cm³/mol. The van der Waals surface area contributed by atoms with Crippen LogP contribution in [0, 0.1) is 0 Å². The molecule has 0 fully saturated rings. The first-order valence-corrected chi connectivity index (χ1v) is 7.21. The Balaban J connectivity index is 2.14. The fourth-order valence-electron chi connectivity index (χ4n) is 3.02. The Morgan fingerprint density at radius 3 is 1.91 bits per heavy atom. The lowest BCUT2D eigenvalue weighted by Crippen LogP contribution is -2.04. The van der Waals surface area contributed by atoms with Gasteiger partial charge in [0.25, 0.3) is 0 Å². The number of para-hydroxylation sites is 4. The zero-order valence-electron chi connectivity index (χ0n) is 11.9. The molecule has 0 aliphatic rings. The molecule has 0 radical (unpaired) electrons. The first-order valence-electron chi connectivity index (χ1n) is 7.21. The van der Waals surface area contributed by atoms with Crippen LogP contribution >= 0.6 is 0 Å². The van der Waals surface area contributed by atoms with Crippen molar-refractivity contribution >= 4 is 29.5 Å². The molecule has 0 unspecified atom stereocenters. The average molecular weight is 287 g/mol. The van der Waals surface area contributed by atoms with Gasteiger partial charge in [-0.05, 0) is 24.3 Å². The SMILES string of the molecule is OBOc1ccccc1-n1c2ccccc2c2ccccc21. The molecular formula is C18H14BNO2. The van der Waals surface area contributed by atoms with E-state index in [1.165, 1.54) is 10.8 Å². The van der Waals surface area contributed by atoms with Crippen molar-refractivity contribution in [2.45, 2.75) is 0 Å². The van der Waals surface area contributed by atoms with E-state index in [4.69, 9.17) is 9.68 Å². The summed E-state index contributed by atoms with van der Waals surface area (Å²) in [5, 5.41) is 11.5. The van der Waals surface area contributed by atoms with Crippen molar-refractivity contribution in [2.75, 3.05) is 0 Å². The summed E-state index contributed by atoms with van der Waals surface area (Å²) in [5.74, 6) is 0.663. The zero-order valence-corrected chi connectivity index (χ0v) is 11.9. The van der Waals surface area contributed by atoms with Crippen molar-refractivity contribution in [1.82, 2.24) is 4.57 Å². The monoisotopic (exact) mass is 287 g/mol. The van der Waals surface area contributed by atoms with Gasteiger partial charge >= 0.3 is 7.69 Å². The number of hydrogen-bond acceptors (Lipinski definition) is 2. The Bertz CT molecular complexity index is 908. The summed E-state index contributed by atoms with van der Waals surface area (Å²) in [7, 11) is -0.339. The standard InChI is InChI=1S/C18H14BNO2/c21-19-22-18-12-6-5-11-17(18)20-15-9-3-1-7-13(15)14-8-2-4-10-16(14)20/h1-12,19,21H. The summed E-state index contributed by atoms with van der Waals surface area (Å²) in [6.45, 7) is 0. The number of benzene rings is 3. The number of fused-ring (bicyclic) bond motifs is 3. The van der Waals surface area contributed by atoms with Gasteiger partial charge in [-0.3, -0.25) is 0 Å². The molecule has 106 valence electrons. The lowest BCUT2D eigenvalue weighted by molar-refractivity contribution is 0.453. The highest BCUT2D eigenvalue weighted by atomic mass is 16.5. The van der Waals surface area contributed by atoms with Crippen molar-refractivity contribution < 1.29 is 9.68 Å². The van der Waals surface area contributed by atoms with Gasteiger partial charge in [0.15, 0.2) is 0 Å². The smallest absolute Gasteiger partial charge is 0.504 e. The maximum atomic E-state index is 9.14. The molecule has 0 aliphatic carbocycles. The van der Waals surface area contributed by atoms with Crippen LogP contribution in [0.15, 0.2) is 72.8 Å². The summed E-state index contributed by atoms with van der Waals surface area (Å²) in [5.41, 5.74) is 3.17. The van der Waals surface area contributed by atoms with E-state index in [0.29, 0.717) is 5.75 Å². The third kappa shape index (κ3) is 1.89. The molecule has 22 heavy (non-hydrogen) atoms. The number of aromatic nitrogens is 1. The third-order valence-corrected chi connectivity index (χ3v) is 3.91. The van der Waals surface area contributed by atoms with Crippen LogP contribution in [-0.4, -0.2) is 17.3 Å². The van der Waals surface area contributed by atoms with Gasteiger partial charge in [-0.1, -0.05) is 48.5 Å². The lowest BCUT2D eigenvalue weighted by Gasteiger charge is -2.13. The van der Waals surface area contributed by atoms with Gasteiger partial charge in [0, 0.05) is 10.8 Å². The molecule has 4 heteroatoms. The quantitative estimate of drug-likeness (QED) is 0.586. The molecule has 3 aromatic carbocycles. The average Bonchev–Trinajstić information content (AvgIpc) is 2.90. The number of nitrogens with zero attached hydrogens (tertiary/aromatic N) is 1. The van der Waals surface area contributed by atoms with Crippen molar-refractivity contribution in [3.8, 4) is 11.4 Å². The topological polar surface area (TPSA) is 34.4 Å². The van der Waals surface area contributed by atoms with Crippen LogP contribution in [0.5, 0.6) is 5.75 Å². The largest absolute Gasteiger partial charge is 0.537 e. The fraction of sp³-hybridized carbons (Fsp3) is 0. The highest BCUT2D eigenvalue weighted by molar-refractivity contribution is 6.17. The van der Waals surface area contributed by atoms with Gasteiger partial charge in [-0.2, -0.15) is 0 Å². The van der Waals surface area contributed by atoms with Crippen LogP contribution in [0.2, 0.25) is 0 Å². The first-order chi connectivity index (χ1) is 10.9. The van der Waals surface area contributed by atoms with E-state index in [1.54, 1.807) is 0 Å². The maximum absolute atomic E-state index is 9.14. The van der Waals surface area contributed by atoms with E-state index in [0.717, 1.165) is 16.7 Å². The molecule has 0 bridgehead atoms. The van der Waals surface area contributed by atoms with Crippen molar-refractivity contribution in [2.24, 2.45) is 0 Å². The summed E-state index contributed by atoms with van der Waals surface area (Å²) in [6, 6.07) is 24.4. The molecular weight excluding hydrogens is 273 g/mol. The summed E-state index contributed by atoms with van der Waals surface area (Å²) < 4.78 is 7.57. The molecule has 1 aromatic heterocycles. The molecule has 0 spiro atoms. The van der Waals surface area contributed by atoms with Crippen LogP contribution in [-0.2, 0) is 0 Å². The minimum absolute atomic E-state index is 0.339. The maximum Gasteiger partial charge on any atom is 0.504 e. The third-order valence-electron chi connectivity index (χ3n) is 3.91. The Labute approximate surface area is 128 Å². The van der Waals surface area contributed by atoms with Crippen molar-refractivity contribution in [3.05, 3.63) is 72.8 Å². The Kier molecular flexibility index (Phi) is 3.09. The molecule has 1 heterocycles. The first kappa shape index (κ1) is 13.0. The van der Waals surface area contributed by atoms with E-state index in [1.807, 2.05) is 36.4 Å². The molecule has 3 nitrogen and oxygen atoms in total. The lowest BCUT2D eigenvalue weighted by atomic mass is 10.2. The second kappa shape index (κ2) is 5.24. The molecule has 1 N–H and O–H groups in total. The normalized spacial score (nSPS) is 11.0. The minimum atomic E-state index is -0.339. The van der Waals surface area contributed by atoms with E-state index < -0.39 is 0 Å². The van der Waals surface area contributed by atoms with Gasteiger partial charge in [-0.25, -0.2) is 0 Å². The van der Waals surface area contributed by atoms with Crippen molar-refractivity contribution in [3.63, 3.8) is 0 Å². The number of hydrogen-bond donors (Lipinski definition) is 1. The predicted octanol–water partition coefficient (Wildman–Crippen LogP) is 3.42. The van der Waals surface area contributed by atoms with E-state index in [2.05, 4.69) is 41.0 Å². The second-order valence-electron chi connectivity index (χ2n) is 5.11. The van der Waals surface area contributed by atoms with Gasteiger partial charge in [0.2, 0.25) is 0 Å². The molecule has 4 aromatic rings. The van der Waals surface area contributed by atoms with E-state index >= 15 is 0 Å². The Morgan fingerprint density at radius 2 is 1.27 bits per heavy atom. The van der Waals surface area contributed by atoms with Gasteiger partial charge in [0.05, 0.1) is 16.7 Å². The highest BCUT2D eigenvalue weighted by Gasteiger charge is 2.14. The molecule has 0 saturated heterocycles. The summed E-state index contributed by atoms with van der Waals surface area (Å²) in [4.78, 5) is 0. The van der Waals surface area contributed by atoms with Gasteiger partial charge in [-0.15, -0.1) is 0 Å². The van der Waals surface area contributed by atoms with Crippen molar-refractivity contribution in [1.29, 1.82) is 0 Å². The van der Waals surface area contributed by atoms with Gasteiger partial charge < -0.3 is 14.2 Å². The van der Waals surface area contributed by atoms with Crippen LogP contribution in [0.1, 0.15) is 0 Å². The molecule has 0 atom stereocenters. The Morgan fingerprint density at radius 1 is 0.727 bits per heavy atom. The summed E-state index contributed by atoms with van der Waals surface area (Å²) in [6.07, 6.45) is 0. The Hall–Kier alpha value is -2.72. The zero-order chi connectivity index (χ0) is 14.9. The fourth-order valence-corrected chi connectivity index (χ4v) is 3.02. The van der Waals surface area contributed by atoms with E-state index in [9.17, 15) is 0 Å². The molecule has 0 aliphatic heterocycles. The van der Waals surface area contributed by atoms with Crippen LogP contribution in [0.25, 0.3) is 27.5 Å². The van der Waals surface area contributed by atoms with E-state index in [-0.39, 0.29) is 7.69 Å². The van der Waals surface area contributed by atoms with Crippen LogP contribution in [0.3, 0.4) is 0 Å². The van der Waals surface area contributed by atoms with Gasteiger partial charge in [0.1, 0.15) is 5.75 Å². The molecule has 4 rings (SSSR count). The summed E-state index contributed by atoms with van der Waals surface area (Å²) >= 11 is 0. The minimum Gasteiger partial charge on any atom is -0.537 e. The molecule has 0 saturated carbocycles.